The Morgan fingerprint density at radius 1 is 0.909 bits per heavy atom. The van der Waals surface area contributed by atoms with Crippen LogP contribution in [0.5, 0.6) is 0 Å². The van der Waals surface area contributed by atoms with Gasteiger partial charge in [0.1, 0.15) is 0 Å². The molecule has 2 N–H and O–H groups in total. The standard InChI is InChI=1S/C17H14N2O3/c1-19(2)17(22)12-8-7-11-13(14(12)18)16(21)10-6-4-3-5-9(10)15(11)20/h3-8H,18H2,1-2H3. The lowest BCUT2D eigenvalue weighted by molar-refractivity contribution is 0.0828. The third-order valence-corrected chi connectivity index (χ3v) is 3.77. The number of anilines is 1. The Morgan fingerprint density at radius 2 is 1.50 bits per heavy atom. The zero-order valence-electron chi connectivity index (χ0n) is 12.2. The third kappa shape index (κ3) is 1.83. The van der Waals surface area contributed by atoms with Crippen LogP contribution < -0.4 is 5.73 Å². The Balaban J connectivity index is 2.26. The number of carbonyl (C=O) groups excluding carboxylic acids is 3. The summed E-state index contributed by atoms with van der Waals surface area (Å²) >= 11 is 0. The van der Waals surface area contributed by atoms with Crippen molar-refractivity contribution in [3.63, 3.8) is 0 Å². The summed E-state index contributed by atoms with van der Waals surface area (Å²) in [6.45, 7) is 0. The van der Waals surface area contributed by atoms with E-state index in [-0.39, 0.29) is 39.9 Å². The van der Waals surface area contributed by atoms with Crippen LogP contribution in [-0.2, 0) is 0 Å². The lowest BCUT2D eigenvalue weighted by atomic mass is 9.82. The molecule has 0 aliphatic heterocycles. The number of nitrogens with two attached hydrogens (primary N) is 1. The molecule has 5 heteroatoms. The van der Waals surface area contributed by atoms with Crippen molar-refractivity contribution >= 4 is 23.2 Å². The minimum Gasteiger partial charge on any atom is -0.397 e. The predicted octanol–water partition coefficient (Wildman–Crippen LogP) is 1.75. The van der Waals surface area contributed by atoms with E-state index < -0.39 is 0 Å². The lowest BCUT2D eigenvalue weighted by Crippen LogP contribution is -2.27. The smallest absolute Gasteiger partial charge is 0.255 e. The van der Waals surface area contributed by atoms with Crippen LogP contribution in [0.25, 0.3) is 0 Å². The second kappa shape index (κ2) is 4.80. The van der Waals surface area contributed by atoms with E-state index in [1.54, 1.807) is 38.4 Å². The SMILES string of the molecule is CN(C)C(=O)c1ccc2c(c1N)C(=O)c1ccccc1C2=O. The molecule has 0 unspecified atom stereocenters. The second-order valence-electron chi connectivity index (χ2n) is 5.35. The fourth-order valence-corrected chi connectivity index (χ4v) is 2.64. The molecule has 22 heavy (non-hydrogen) atoms. The van der Waals surface area contributed by atoms with Crippen molar-refractivity contribution in [2.45, 2.75) is 0 Å². The first-order valence-corrected chi connectivity index (χ1v) is 6.76. The zero-order chi connectivity index (χ0) is 16.0. The molecule has 1 amide bonds. The number of hydrogen-bond donors (Lipinski definition) is 1. The van der Waals surface area contributed by atoms with Crippen LogP contribution in [-0.4, -0.2) is 36.5 Å². The molecule has 2 aromatic carbocycles. The van der Waals surface area contributed by atoms with Gasteiger partial charge in [-0.3, -0.25) is 14.4 Å². The fourth-order valence-electron chi connectivity index (χ4n) is 2.64. The molecule has 0 radical (unpaired) electrons. The molecule has 0 spiro atoms. The van der Waals surface area contributed by atoms with Gasteiger partial charge in [0.05, 0.1) is 16.8 Å². The van der Waals surface area contributed by atoms with E-state index in [4.69, 9.17) is 5.73 Å². The lowest BCUT2D eigenvalue weighted by Gasteiger charge is -2.21. The molecule has 3 rings (SSSR count). The van der Waals surface area contributed by atoms with Gasteiger partial charge in [0.15, 0.2) is 11.6 Å². The van der Waals surface area contributed by atoms with E-state index in [0.717, 1.165) is 0 Å². The zero-order valence-corrected chi connectivity index (χ0v) is 12.2. The van der Waals surface area contributed by atoms with Gasteiger partial charge < -0.3 is 10.6 Å². The first-order chi connectivity index (χ1) is 10.4. The maximum absolute atomic E-state index is 12.7. The van der Waals surface area contributed by atoms with Crippen LogP contribution in [0.2, 0.25) is 0 Å². The third-order valence-electron chi connectivity index (χ3n) is 3.77. The van der Waals surface area contributed by atoms with Crippen LogP contribution in [0, 0.1) is 0 Å². The summed E-state index contributed by atoms with van der Waals surface area (Å²) in [5.41, 5.74) is 7.37. The number of amides is 1. The molecule has 1 aliphatic carbocycles. The van der Waals surface area contributed by atoms with Crippen LogP contribution >= 0.6 is 0 Å². The molecule has 0 saturated carbocycles. The number of fused-ring (bicyclic) bond motifs is 2. The minimum absolute atomic E-state index is 0.0593. The van der Waals surface area contributed by atoms with Gasteiger partial charge in [-0.25, -0.2) is 0 Å². The van der Waals surface area contributed by atoms with Crippen molar-refractivity contribution in [2.24, 2.45) is 0 Å². The Morgan fingerprint density at radius 3 is 2.09 bits per heavy atom. The predicted molar refractivity (Wildman–Crippen MR) is 82.2 cm³/mol. The molecule has 2 aromatic rings. The molecule has 5 nitrogen and oxygen atoms in total. The van der Waals surface area contributed by atoms with Gasteiger partial charge >= 0.3 is 0 Å². The molecule has 0 bridgehead atoms. The second-order valence-corrected chi connectivity index (χ2v) is 5.35. The average molecular weight is 294 g/mol. The monoisotopic (exact) mass is 294 g/mol. The number of ketones is 2. The van der Waals surface area contributed by atoms with Crippen LogP contribution in [0.1, 0.15) is 42.2 Å². The van der Waals surface area contributed by atoms with Gasteiger partial charge in [-0.1, -0.05) is 24.3 Å². The maximum Gasteiger partial charge on any atom is 0.255 e. The van der Waals surface area contributed by atoms with Crippen molar-refractivity contribution in [1.29, 1.82) is 0 Å². The summed E-state index contributed by atoms with van der Waals surface area (Å²) < 4.78 is 0. The number of nitrogens with zero attached hydrogens (tertiary/aromatic N) is 1. The summed E-state index contributed by atoms with van der Waals surface area (Å²) in [7, 11) is 3.20. The number of nitrogen functional groups attached to an aromatic ring is 1. The van der Waals surface area contributed by atoms with Crippen molar-refractivity contribution in [1.82, 2.24) is 4.90 Å². The number of rotatable bonds is 1. The molecular weight excluding hydrogens is 280 g/mol. The largest absolute Gasteiger partial charge is 0.397 e. The number of carbonyl (C=O) groups is 3. The number of hydrogen-bond acceptors (Lipinski definition) is 4. The Bertz CT molecular complexity index is 838. The van der Waals surface area contributed by atoms with E-state index in [1.807, 2.05) is 0 Å². The van der Waals surface area contributed by atoms with Gasteiger partial charge in [0, 0.05) is 30.8 Å². The van der Waals surface area contributed by atoms with E-state index in [2.05, 4.69) is 0 Å². The van der Waals surface area contributed by atoms with Crippen LogP contribution in [0.3, 0.4) is 0 Å². The summed E-state index contributed by atoms with van der Waals surface area (Å²) in [5, 5.41) is 0. The minimum atomic E-state index is -0.323. The summed E-state index contributed by atoms with van der Waals surface area (Å²) in [6, 6.07) is 9.61. The molecule has 0 heterocycles. The number of benzene rings is 2. The molecule has 1 aliphatic rings. The highest BCUT2D eigenvalue weighted by atomic mass is 16.2. The first-order valence-electron chi connectivity index (χ1n) is 6.76. The van der Waals surface area contributed by atoms with Crippen molar-refractivity contribution < 1.29 is 14.4 Å². The Kier molecular flexibility index (Phi) is 3.06. The van der Waals surface area contributed by atoms with E-state index in [9.17, 15) is 14.4 Å². The summed E-state index contributed by atoms with van der Waals surface area (Å²) in [6.07, 6.45) is 0. The highest BCUT2D eigenvalue weighted by Gasteiger charge is 2.32. The van der Waals surface area contributed by atoms with Crippen molar-refractivity contribution in [3.05, 3.63) is 64.2 Å². The fraction of sp³-hybridized carbons (Fsp3) is 0.118. The van der Waals surface area contributed by atoms with Gasteiger partial charge in [0.25, 0.3) is 5.91 Å². The molecule has 110 valence electrons. The van der Waals surface area contributed by atoms with Gasteiger partial charge in [0.2, 0.25) is 0 Å². The Hall–Kier alpha value is -2.95. The summed E-state index contributed by atoms with van der Waals surface area (Å²) in [5.74, 6) is -0.878. The topological polar surface area (TPSA) is 80.5 Å². The highest BCUT2D eigenvalue weighted by molar-refractivity contribution is 6.30. The van der Waals surface area contributed by atoms with Crippen molar-refractivity contribution in [3.8, 4) is 0 Å². The maximum atomic E-state index is 12.7. The van der Waals surface area contributed by atoms with Crippen LogP contribution in [0.4, 0.5) is 5.69 Å². The van der Waals surface area contributed by atoms with E-state index >= 15 is 0 Å². The molecule has 0 fully saturated rings. The molecule has 0 saturated heterocycles. The molecular formula is C17H14N2O3. The van der Waals surface area contributed by atoms with Crippen molar-refractivity contribution in [2.75, 3.05) is 19.8 Å². The normalized spacial score (nSPS) is 12.6. The first kappa shape index (κ1) is 14.0. The van der Waals surface area contributed by atoms with E-state index in [1.165, 1.54) is 17.0 Å². The Labute approximate surface area is 127 Å². The highest BCUT2D eigenvalue weighted by Crippen LogP contribution is 2.32. The quantitative estimate of drug-likeness (QED) is 0.693. The summed E-state index contributed by atoms with van der Waals surface area (Å²) in [4.78, 5) is 38.7. The molecule has 0 atom stereocenters. The van der Waals surface area contributed by atoms with Crippen LogP contribution in [0.15, 0.2) is 36.4 Å². The average Bonchev–Trinajstić information content (AvgIpc) is 2.51. The van der Waals surface area contributed by atoms with E-state index in [0.29, 0.717) is 11.1 Å². The molecule has 0 aromatic heterocycles. The van der Waals surface area contributed by atoms with Gasteiger partial charge in [-0.2, -0.15) is 0 Å². The van der Waals surface area contributed by atoms with Gasteiger partial charge in [-0.05, 0) is 12.1 Å². The van der Waals surface area contributed by atoms with Gasteiger partial charge in [-0.15, -0.1) is 0 Å².